The zero-order chi connectivity index (χ0) is 23.7. The molecule has 0 fully saturated rings. The first-order valence-electron chi connectivity index (χ1n) is 9.27. The van der Waals surface area contributed by atoms with Gasteiger partial charge in [-0.05, 0) is 37.6 Å². The third-order valence-electron chi connectivity index (χ3n) is 4.97. The minimum atomic E-state index is -3.80. The van der Waals surface area contributed by atoms with Gasteiger partial charge < -0.3 is 10.5 Å². The molecule has 0 aliphatic carbocycles. The van der Waals surface area contributed by atoms with Gasteiger partial charge in [-0.2, -0.15) is 0 Å². The van der Waals surface area contributed by atoms with E-state index in [9.17, 15) is 21.6 Å². The van der Waals surface area contributed by atoms with Gasteiger partial charge in [-0.1, -0.05) is 5.92 Å². The highest BCUT2D eigenvalue weighted by Gasteiger charge is 2.44. The minimum Gasteiger partial charge on any atom is -0.463 e. The Morgan fingerprint density at radius 2 is 2.06 bits per heavy atom. The fraction of sp³-hybridized carbons (Fsp3) is 0.286. The first-order chi connectivity index (χ1) is 15.0. The van der Waals surface area contributed by atoms with Crippen LogP contribution in [0.25, 0.3) is 11.9 Å². The average Bonchev–Trinajstić information content (AvgIpc) is 2.73. The molecule has 11 heteroatoms. The molecule has 2 aromatic rings. The Kier molecular flexibility index (Phi) is 6.27. The molecule has 0 bridgehead atoms. The summed E-state index contributed by atoms with van der Waals surface area (Å²) in [6.07, 6.45) is 8.21. The number of amidine groups is 1. The zero-order valence-corrected chi connectivity index (χ0v) is 18.0. The Hall–Kier alpha value is -3.39. The summed E-state index contributed by atoms with van der Waals surface area (Å²) in [5.41, 5.74) is 5.18. The van der Waals surface area contributed by atoms with Crippen molar-refractivity contribution in [3.05, 3.63) is 53.0 Å². The number of halogens is 3. The number of ether oxygens (including phenoxy) is 1. The van der Waals surface area contributed by atoms with Gasteiger partial charge in [-0.25, -0.2) is 31.6 Å². The van der Waals surface area contributed by atoms with Crippen LogP contribution in [0.4, 0.5) is 13.2 Å². The first kappa shape index (κ1) is 23.3. The Morgan fingerprint density at radius 1 is 1.34 bits per heavy atom. The lowest BCUT2D eigenvalue weighted by Crippen LogP contribution is -2.50. The molecular weight excluding hydrogens is 445 g/mol. The molecule has 168 valence electrons. The van der Waals surface area contributed by atoms with Crippen LogP contribution >= 0.6 is 0 Å². The fourth-order valence-corrected chi connectivity index (χ4v) is 4.36. The molecule has 0 radical (unpaired) electrons. The monoisotopic (exact) mass is 464 g/mol. The lowest BCUT2D eigenvalue weighted by atomic mass is 10.0. The van der Waals surface area contributed by atoms with Crippen LogP contribution in [0.1, 0.15) is 36.7 Å². The van der Waals surface area contributed by atoms with Crippen molar-refractivity contribution in [2.75, 3.05) is 12.4 Å². The summed E-state index contributed by atoms with van der Waals surface area (Å²) in [6.45, 7) is 2.73. The van der Waals surface area contributed by atoms with Crippen molar-refractivity contribution in [2.24, 2.45) is 10.7 Å². The lowest BCUT2D eigenvalue weighted by molar-refractivity contribution is 0.353. The molecule has 1 aromatic carbocycles. The second-order valence-corrected chi connectivity index (χ2v) is 10.0. The highest BCUT2D eigenvalue weighted by atomic mass is 32.2. The van der Waals surface area contributed by atoms with Crippen molar-refractivity contribution in [3.8, 4) is 18.2 Å². The standard InChI is InChI=1S/C21H19F3N4O3S/c1-4-5-31-18-10-26-16(9-27-18)14(22)7-12-6-13(19(24)15(23)8-12)17-11-32(29,30)21(2,3)20(25)28-17/h1,6-10,17H,5,11H2,2-3H3,(H2,25,28)/b14-7-. The van der Waals surface area contributed by atoms with Gasteiger partial charge in [-0.15, -0.1) is 6.42 Å². The number of aromatic nitrogens is 2. The van der Waals surface area contributed by atoms with Crippen molar-refractivity contribution in [1.29, 1.82) is 0 Å². The summed E-state index contributed by atoms with van der Waals surface area (Å²) in [5, 5.41) is 0. The van der Waals surface area contributed by atoms with Crippen LogP contribution in [-0.2, 0) is 9.84 Å². The topological polar surface area (TPSA) is 108 Å². The number of rotatable bonds is 5. The van der Waals surface area contributed by atoms with E-state index in [0.717, 1.165) is 30.6 Å². The molecule has 3 rings (SSSR count). The first-order valence-corrected chi connectivity index (χ1v) is 10.9. The van der Waals surface area contributed by atoms with Crippen LogP contribution in [0.2, 0.25) is 0 Å². The summed E-state index contributed by atoms with van der Waals surface area (Å²) in [5.74, 6) is -1.92. The molecule has 2 heterocycles. The molecule has 0 spiro atoms. The fourth-order valence-electron chi connectivity index (χ4n) is 2.90. The third kappa shape index (κ3) is 4.45. The number of benzene rings is 1. The van der Waals surface area contributed by atoms with Gasteiger partial charge in [0.1, 0.15) is 16.3 Å². The molecule has 7 nitrogen and oxygen atoms in total. The number of nitrogens with zero attached hydrogens (tertiary/aromatic N) is 3. The second kappa shape index (κ2) is 8.63. The number of nitrogens with two attached hydrogens (primary N) is 1. The smallest absolute Gasteiger partial charge is 0.233 e. The van der Waals surface area contributed by atoms with E-state index in [0.29, 0.717) is 0 Å². The third-order valence-corrected chi connectivity index (χ3v) is 7.49. The molecule has 32 heavy (non-hydrogen) atoms. The Bertz CT molecular complexity index is 1250. The Labute approximate surface area is 183 Å². The molecule has 1 atom stereocenters. The summed E-state index contributed by atoms with van der Waals surface area (Å²) in [4.78, 5) is 11.7. The highest BCUT2D eigenvalue weighted by molar-refractivity contribution is 7.93. The van der Waals surface area contributed by atoms with Crippen LogP contribution in [0.15, 0.2) is 29.5 Å². The predicted molar refractivity (Wildman–Crippen MR) is 114 cm³/mol. The van der Waals surface area contributed by atoms with E-state index in [1.54, 1.807) is 0 Å². The van der Waals surface area contributed by atoms with Gasteiger partial charge >= 0.3 is 0 Å². The van der Waals surface area contributed by atoms with Crippen molar-refractivity contribution in [3.63, 3.8) is 0 Å². The highest BCUT2D eigenvalue weighted by Crippen LogP contribution is 2.34. The molecule has 0 saturated carbocycles. The maximum absolute atomic E-state index is 14.6. The Balaban J connectivity index is 1.97. The van der Waals surface area contributed by atoms with Crippen molar-refractivity contribution < 1.29 is 26.3 Å². The summed E-state index contributed by atoms with van der Waals surface area (Å²) < 4.78 is 72.1. The summed E-state index contributed by atoms with van der Waals surface area (Å²) in [6, 6.07) is 0.613. The van der Waals surface area contributed by atoms with Crippen molar-refractivity contribution in [1.82, 2.24) is 9.97 Å². The molecule has 1 aromatic heterocycles. The maximum atomic E-state index is 14.6. The van der Waals surface area contributed by atoms with Gasteiger partial charge in [-0.3, -0.25) is 4.99 Å². The van der Waals surface area contributed by atoms with Gasteiger partial charge in [0.15, 0.2) is 33.9 Å². The second-order valence-electron chi connectivity index (χ2n) is 7.45. The van der Waals surface area contributed by atoms with Crippen LogP contribution < -0.4 is 10.5 Å². The average molecular weight is 464 g/mol. The van der Waals surface area contributed by atoms with Crippen LogP contribution in [0.5, 0.6) is 5.88 Å². The number of hydrogen-bond acceptors (Lipinski definition) is 7. The normalized spacial score (nSPS) is 19.7. The zero-order valence-electron chi connectivity index (χ0n) is 17.1. The van der Waals surface area contributed by atoms with Gasteiger partial charge in [0.05, 0.1) is 24.2 Å². The predicted octanol–water partition coefficient (Wildman–Crippen LogP) is 2.84. The molecule has 1 unspecified atom stereocenters. The number of sulfone groups is 1. The maximum Gasteiger partial charge on any atom is 0.233 e. The van der Waals surface area contributed by atoms with Crippen LogP contribution in [-0.4, -0.2) is 41.3 Å². The summed E-state index contributed by atoms with van der Waals surface area (Å²) in [7, 11) is -3.80. The molecular formula is C21H19F3N4O3S. The largest absolute Gasteiger partial charge is 0.463 e. The lowest BCUT2D eigenvalue weighted by Gasteiger charge is -2.32. The molecule has 1 aliphatic rings. The number of terminal acetylenes is 1. The molecule has 0 saturated heterocycles. The SMILES string of the molecule is C#CCOc1cnc(/C(F)=C/c2cc(F)c(F)c(C3CS(=O)(=O)C(C)(C)C(N)=N3)c2)cn1. The van der Waals surface area contributed by atoms with Crippen LogP contribution in [0, 0.1) is 24.0 Å². The van der Waals surface area contributed by atoms with Crippen molar-refractivity contribution >= 4 is 27.6 Å². The molecule has 2 N–H and O–H groups in total. The van der Waals surface area contributed by atoms with Gasteiger partial charge in [0.2, 0.25) is 5.88 Å². The van der Waals surface area contributed by atoms with E-state index < -0.39 is 43.8 Å². The van der Waals surface area contributed by atoms with E-state index in [1.807, 2.05) is 0 Å². The van der Waals surface area contributed by atoms with E-state index >= 15 is 0 Å². The van der Waals surface area contributed by atoms with Crippen molar-refractivity contribution in [2.45, 2.75) is 24.6 Å². The van der Waals surface area contributed by atoms with E-state index in [-0.39, 0.29) is 35.1 Å². The number of hydrogen-bond donors (Lipinski definition) is 1. The van der Waals surface area contributed by atoms with Gasteiger partial charge in [0.25, 0.3) is 0 Å². The van der Waals surface area contributed by atoms with Crippen LogP contribution in [0.3, 0.4) is 0 Å². The van der Waals surface area contributed by atoms with E-state index in [4.69, 9.17) is 16.9 Å². The van der Waals surface area contributed by atoms with Gasteiger partial charge in [0, 0.05) is 5.56 Å². The quantitative estimate of drug-likeness (QED) is 0.682. The van der Waals surface area contributed by atoms with E-state index in [1.165, 1.54) is 13.8 Å². The Morgan fingerprint density at radius 3 is 2.66 bits per heavy atom. The number of aliphatic imine (C=N–C) groups is 1. The molecule has 0 amide bonds. The van der Waals surface area contributed by atoms with E-state index in [2.05, 4.69) is 20.9 Å². The molecule has 1 aliphatic heterocycles. The summed E-state index contributed by atoms with van der Waals surface area (Å²) >= 11 is 0. The minimum absolute atomic E-state index is 0.0367.